The van der Waals surface area contributed by atoms with Crippen molar-refractivity contribution in [1.29, 1.82) is 0 Å². The zero-order valence-corrected chi connectivity index (χ0v) is 13.3. The number of rotatable bonds is 2. The molecule has 0 bridgehead atoms. The van der Waals surface area contributed by atoms with Crippen LogP contribution in [0.3, 0.4) is 0 Å². The number of aliphatic hydroxyl groups excluding tert-OH is 1. The third-order valence-corrected chi connectivity index (χ3v) is 3.33. The van der Waals surface area contributed by atoms with E-state index < -0.39 is 41.6 Å². The van der Waals surface area contributed by atoms with E-state index in [2.05, 4.69) is 5.32 Å². The largest absolute Gasteiger partial charge is 0.444 e. The molecule has 1 aliphatic rings. The molecule has 2 unspecified atom stereocenters. The van der Waals surface area contributed by atoms with Gasteiger partial charge in [-0.3, -0.25) is 0 Å². The van der Waals surface area contributed by atoms with Crippen molar-refractivity contribution in [2.24, 2.45) is 0 Å². The van der Waals surface area contributed by atoms with Gasteiger partial charge in [-0.25, -0.2) is 13.6 Å². The molecule has 2 N–H and O–H groups in total. The summed E-state index contributed by atoms with van der Waals surface area (Å²) in [6, 6.07) is 2.31. The number of ether oxygens (including phenoxy) is 2. The highest BCUT2D eigenvalue weighted by molar-refractivity contribution is 5.68. The summed E-state index contributed by atoms with van der Waals surface area (Å²) in [7, 11) is 0. The molecule has 128 valence electrons. The molecule has 5 nitrogen and oxygen atoms in total. The number of halogens is 2. The van der Waals surface area contributed by atoms with Crippen molar-refractivity contribution in [2.45, 2.75) is 51.0 Å². The first-order valence-corrected chi connectivity index (χ1v) is 7.40. The SMILES string of the molecule is CC(C)(C)OC(=O)N[C@H]1CC(O)COC1c1cc(F)ccc1F. The number of alkyl carbamates (subject to hydrolysis) is 1. The highest BCUT2D eigenvalue weighted by atomic mass is 19.1. The second kappa shape index (κ2) is 6.80. The topological polar surface area (TPSA) is 67.8 Å². The number of benzene rings is 1. The zero-order valence-electron chi connectivity index (χ0n) is 13.3. The molecule has 1 aromatic rings. The Hall–Kier alpha value is -1.73. The molecular weight excluding hydrogens is 308 g/mol. The van der Waals surface area contributed by atoms with Crippen LogP contribution in [0, 0.1) is 11.6 Å². The lowest BCUT2D eigenvalue weighted by molar-refractivity contribution is -0.0779. The van der Waals surface area contributed by atoms with Crippen molar-refractivity contribution in [3.63, 3.8) is 0 Å². The van der Waals surface area contributed by atoms with Crippen molar-refractivity contribution >= 4 is 6.09 Å². The molecule has 0 radical (unpaired) electrons. The summed E-state index contributed by atoms with van der Waals surface area (Å²) >= 11 is 0. The van der Waals surface area contributed by atoms with Gasteiger partial charge in [-0.1, -0.05) is 0 Å². The van der Waals surface area contributed by atoms with Crippen molar-refractivity contribution in [1.82, 2.24) is 5.32 Å². The van der Waals surface area contributed by atoms with Gasteiger partial charge in [-0.15, -0.1) is 0 Å². The number of nitrogens with one attached hydrogen (secondary N) is 1. The van der Waals surface area contributed by atoms with Crippen LogP contribution in [0.1, 0.15) is 38.9 Å². The summed E-state index contributed by atoms with van der Waals surface area (Å²) in [4.78, 5) is 11.9. The van der Waals surface area contributed by atoms with Gasteiger partial charge >= 0.3 is 6.09 Å². The van der Waals surface area contributed by atoms with Crippen molar-refractivity contribution < 1.29 is 28.2 Å². The fraction of sp³-hybridized carbons (Fsp3) is 0.562. The minimum Gasteiger partial charge on any atom is -0.444 e. The lowest BCUT2D eigenvalue weighted by Gasteiger charge is -2.35. The van der Waals surface area contributed by atoms with Gasteiger partial charge in [0.05, 0.1) is 18.8 Å². The molecule has 0 aromatic heterocycles. The Morgan fingerprint density at radius 3 is 2.74 bits per heavy atom. The van der Waals surface area contributed by atoms with Crippen LogP contribution in [0.25, 0.3) is 0 Å². The lowest BCUT2D eigenvalue weighted by Crippen LogP contribution is -2.48. The maximum atomic E-state index is 14.0. The summed E-state index contributed by atoms with van der Waals surface area (Å²) in [5.74, 6) is -1.24. The van der Waals surface area contributed by atoms with E-state index in [9.17, 15) is 18.7 Å². The Morgan fingerprint density at radius 2 is 2.09 bits per heavy atom. The first kappa shape index (κ1) is 17.6. The highest BCUT2D eigenvalue weighted by Gasteiger charge is 2.35. The molecule has 23 heavy (non-hydrogen) atoms. The number of aliphatic hydroxyl groups is 1. The first-order chi connectivity index (χ1) is 10.7. The average Bonchev–Trinajstić information content (AvgIpc) is 2.40. The second-order valence-corrected chi connectivity index (χ2v) is 6.56. The fourth-order valence-electron chi connectivity index (χ4n) is 2.45. The highest BCUT2D eigenvalue weighted by Crippen LogP contribution is 2.31. The van der Waals surface area contributed by atoms with E-state index in [0.29, 0.717) is 0 Å². The predicted octanol–water partition coefficient (Wildman–Crippen LogP) is 2.68. The van der Waals surface area contributed by atoms with E-state index in [4.69, 9.17) is 9.47 Å². The number of hydrogen-bond acceptors (Lipinski definition) is 4. The van der Waals surface area contributed by atoms with Crippen LogP contribution in [0.4, 0.5) is 13.6 Å². The molecule has 1 saturated heterocycles. The second-order valence-electron chi connectivity index (χ2n) is 6.56. The maximum Gasteiger partial charge on any atom is 0.407 e. The van der Waals surface area contributed by atoms with E-state index in [0.717, 1.165) is 18.2 Å². The summed E-state index contributed by atoms with van der Waals surface area (Å²) < 4.78 is 38.0. The van der Waals surface area contributed by atoms with Crippen LogP contribution in [0.2, 0.25) is 0 Å². The molecule has 1 aliphatic heterocycles. The molecule has 7 heteroatoms. The van der Waals surface area contributed by atoms with Gasteiger partial charge in [0.15, 0.2) is 0 Å². The predicted molar refractivity (Wildman–Crippen MR) is 78.8 cm³/mol. The molecule has 1 fully saturated rings. The number of amides is 1. The molecule has 2 rings (SSSR count). The van der Waals surface area contributed by atoms with Crippen LogP contribution in [-0.4, -0.2) is 35.6 Å². The van der Waals surface area contributed by atoms with Gasteiger partial charge in [0.2, 0.25) is 0 Å². The summed E-state index contributed by atoms with van der Waals surface area (Å²) in [6.07, 6.45) is -2.26. The van der Waals surface area contributed by atoms with Crippen LogP contribution < -0.4 is 5.32 Å². The van der Waals surface area contributed by atoms with Crippen LogP contribution in [-0.2, 0) is 9.47 Å². The summed E-state index contributed by atoms with van der Waals surface area (Å²) in [5, 5.41) is 12.3. The summed E-state index contributed by atoms with van der Waals surface area (Å²) in [6.45, 7) is 5.11. The lowest BCUT2D eigenvalue weighted by atomic mass is 9.94. The Balaban J connectivity index is 2.19. The van der Waals surface area contributed by atoms with E-state index in [1.54, 1.807) is 20.8 Å². The van der Waals surface area contributed by atoms with Gasteiger partial charge in [-0.05, 0) is 45.4 Å². The van der Waals surface area contributed by atoms with Gasteiger partial charge in [-0.2, -0.15) is 0 Å². The third kappa shape index (κ3) is 4.87. The summed E-state index contributed by atoms with van der Waals surface area (Å²) in [5.41, 5.74) is -0.698. The third-order valence-electron chi connectivity index (χ3n) is 3.33. The van der Waals surface area contributed by atoms with E-state index in [-0.39, 0.29) is 18.6 Å². The molecule has 3 atom stereocenters. The molecule has 1 heterocycles. The van der Waals surface area contributed by atoms with Crippen LogP contribution in [0.5, 0.6) is 0 Å². The number of hydrogen-bond donors (Lipinski definition) is 2. The van der Waals surface area contributed by atoms with Crippen molar-refractivity contribution in [2.75, 3.05) is 6.61 Å². The van der Waals surface area contributed by atoms with E-state index >= 15 is 0 Å². The Labute approximate surface area is 133 Å². The molecular formula is C16H21F2NO4. The van der Waals surface area contributed by atoms with Gasteiger partial charge < -0.3 is 19.9 Å². The van der Waals surface area contributed by atoms with Gasteiger partial charge in [0.1, 0.15) is 23.3 Å². The average molecular weight is 329 g/mol. The minimum absolute atomic E-state index is 0.00189. The quantitative estimate of drug-likeness (QED) is 0.875. The number of carbonyl (C=O) groups excluding carboxylic acids is 1. The number of carbonyl (C=O) groups is 1. The Bertz CT molecular complexity index is 574. The standard InChI is InChI=1S/C16H21F2NO4/c1-16(2,3)23-15(21)19-13-7-10(20)8-22-14(13)11-6-9(17)4-5-12(11)18/h4-6,10,13-14,20H,7-8H2,1-3H3,(H,19,21)/t10?,13-,14?/m0/s1. The van der Waals surface area contributed by atoms with Crippen molar-refractivity contribution in [3.8, 4) is 0 Å². The van der Waals surface area contributed by atoms with Crippen molar-refractivity contribution in [3.05, 3.63) is 35.4 Å². The monoisotopic (exact) mass is 329 g/mol. The molecule has 0 saturated carbocycles. The Kier molecular flexibility index (Phi) is 5.21. The Morgan fingerprint density at radius 1 is 1.39 bits per heavy atom. The smallest absolute Gasteiger partial charge is 0.407 e. The fourth-order valence-corrected chi connectivity index (χ4v) is 2.45. The zero-order chi connectivity index (χ0) is 17.2. The minimum atomic E-state index is -0.901. The van der Waals surface area contributed by atoms with Crippen LogP contribution >= 0.6 is 0 Å². The van der Waals surface area contributed by atoms with E-state index in [1.807, 2.05) is 0 Å². The molecule has 0 spiro atoms. The first-order valence-electron chi connectivity index (χ1n) is 7.40. The van der Waals surface area contributed by atoms with E-state index in [1.165, 1.54) is 0 Å². The molecule has 1 aromatic carbocycles. The molecule has 1 amide bonds. The maximum absolute atomic E-state index is 14.0. The normalized spacial score (nSPS) is 25.0. The van der Waals surface area contributed by atoms with Crippen LogP contribution in [0.15, 0.2) is 18.2 Å². The van der Waals surface area contributed by atoms with Gasteiger partial charge in [0, 0.05) is 5.56 Å². The van der Waals surface area contributed by atoms with Gasteiger partial charge in [0.25, 0.3) is 0 Å². The molecule has 0 aliphatic carbocycles.